The molecule has 2 aromatic rings. The molecular weight excluding hydrogens is 372 g/mol. The van der Waals surface area contributed by atoms with Crippen LogP contribution in [-0.2, 0) is 16.1 Å². The third-order valence-corrected chi connectivity index (χ3v) is 4.48. The maximum Gasteiger partial charge on any atom is 0.275 e. The molecule has 0 aliphatic rings. The van der Waals surface area contributed by atoms with Crippen molar-refractivity contribution >= 4 is 17.7 Å². The molecule has 1 unspecified atom stereocenters. The Kier molecular flexibility index (Phi) is 7.46. The van der Waals surface area contributed by atoms with Crippen molar-refractivity contribution in [3.63, 3.8) is 0 Å². The number of benzene rings is 2. The van der Waals surface area contributed by atoms with Crippen molar-refractivity contribution in [2.75, 3.05) is 28.2 Å². The second kappa shape index (κ2) is 9.81. The normalized spacial score (nSPS) is 11.7. The molecule has 2 rings (SSSR count). The maximum atomic E-state index is 12.7. The number of likely N-dealkylation sites (N-methyl/N-ethyl adjacent to an activating group) is 2. The minimum atomic E-state index is -1.48. The van der Waals surface area contributed by atoms with Gasteiger partial charge in [-0.25, -0.2) is 5.48 Å². The van der Waals surface area contributed by atoms with Crippen LogP contribution in [0.2, 0.25) is 0 Å². The summed E-state index contributed by atoms with van der Waals surface area (Å²) in [6.07, 6.45) is 0. The second-order valence-corrected chi connectivity index (χ2v) is 6.92. The van der Waals surface area contributed by atoms with Crippen LogP contribution in [0, 0.1) is 0 Å². The first kappa shape index (κ1) is 22.1. The van der Waals surface area contributed by atoms with Gasteiger partial charge in [0.25, 0.3) is 17.7 Å². The van der Waals surface area contributed by atoms with Gasteiger partial charge in [-0.15, -0.1) is 0 Å². The highest BCUT2D eigenvalue weighted by molar-refractivity contribution is 6.08. The number of amides is 3. The van der Waals surface area contributed by atoms with E-state index in [9.17, 15) is 14.4 Å². The topological polar surface area (TPSA) is 102 Å². The predicted octanol–water partition coefficient (Wildman–Crippen LogP) is 1.11. The Morgan fingerprint density at radius 1 is 0.897 bits per heavy atom. The van der Waals surface area contributed by atoms with Gasteiger partial charge in [-0.2, -0.15) is 0 Å². The zero-order valence-electron chi connectivity index (χ0n) is 17.0. The summed E-state index contributed by atoms with van der Waals surface area (Å²) >= 11 is 0. The highest BCUT2D eigenvalue weighted by Gasteiger charge is 2.33. The summed E-state index contributed by atoms with van der Waals surface area (Å²) in [6, 6.07) is 13.6. The Morgan fingerprint density at radius 2 is 1.41 bits per heavy atom. The molecule has 0 radical (unpaired) electrons. The number of nitrogens with zero attached hydrogens (tertiary/aromatic N) is 2. The minimum absolute atomic E-state index is 0.320. The molecular formula is C21H26N4O4. The van der Waals surface area contributed by atoms with Gasteiger partial charge >= 0.3 is 0 Å². The zero-order chi connectivity index (χ0) is 21.6. The molecule has 0 aliphatic carbocycles. The predicted molar refractivity (Wildman–Crippen MR) is 109 cm³/mol. The third kappa shape index (κ3) is 5.40. The standard InChI is InChI=1S/C21H26N4O4/c1-22-19(26)18(20(27)23-29)25(4)21(28)17-11-9-16(10-12-17)15-7-5-14(6-8-15)13-24(2)3/h5-12,18,29H,13H2,1-4H3,(H,22,26)(H,23,27). The average molecular weight is 398 g/mol. The van der Waals surface area contributed by atoms with E-state index in [4.69, 9.17) is 5.21 Å². The number of hydroxylamine groups is 1. The molecule has 154 valence electrons. The van der Waals surface area contributed by atoms with Crippen LogP contribution in [0.4, 0.5) is 0 Å². The Hall–Kier alpha value is -3.23. The fourth-order valence-electron chi connectivity index (χ4n) is 2.96. The first-order chi connectivity index (χ1) is 13.8. The molecule has 0 spiro atoms. The van der Waals surface area contributed by atoms with E-state index in [1.165, 1.54) is 25.1 Å². The van der Waals surface area contributed by atoms with Crippen LogP contribution in [0.1, 0.15) is 15.9 Å². The first-order valence-corrected chi connectivity index (χ1v) is 9.05. The number of rotatable bonds is 7. The number of nitrogens with one attached hydrogen (secondary N) is 2. The zero-order valence-corrected chi connectivity index (χ0v) is 17.0. The fourth-order valence-corrected chi connectivity index (χ4v) is 2.96. The molecule has 8 nitrogen and oxygen atoms in total. The number of carbonyl (C=O) groups excluding carboxylic acids is 3. The van der Waals surface area contributed by atoms with Crippen LogP contribution in [0.3, 0.4) is 0 Å². The summed E-state index contributed by atoms with van der Waals surface area (Å²) in [4.78, 5) is 39.5. The van der Waals surface area contributed by atoms with Crippen molar-refractivity contribution in [2.45, 2.75) is 12.6 Å². The Labute approximate surface area is 170 Å². The fraction of sp³-hybridized carbons (Fsp3) is 0.286. The second-order valence-electron chi connectivity index (χ2n) is 6.92. The Bertz CT molecular complexity index is 847. The quantitative estimate of drug-likeness (QED) is 0.368. The van der Waals surface area contributed by atoms with Crippen molar-refractivity contribution in [3.05, 3.63) is 59.7 Å². The highest BCUT2D eigenvalue weighted by Crippen LogP contribution is 2.21. The van der Waals surface area contributed by atoms with Gasteiger partial charge in [0.2, 0.25) is 0 Å². The summed E-state index contributed by atoms with van der Waals surface area (Å²) in [6.45, 7) is 0.855. The summed E-state index contributed by atoms with van der Waals surface area (Å²) in [5.74, 6) is -2.22. The molecule has 29 heavy (non-hydrogen) atoms. The maximum absolute atomic E-state index is 12.7. The Balaban J connectivity index is 2.19. The van der Waals surface area contributed by atoms with E-state index in [1.54, 1.807) is 12.1 Å². The molecule has 2 aromatic carbocycles. The van der Waals surface area contributed by atoms with Crippen LogP contribution in [0.25, 0.3) is 11.1 Å². The molecule has 3 amide bonds. The van der Waals surface area contributed by atoms with Crippen LogP contribution in [0.15, 0.2) is 48.5 Å². The lowest BCUT2D eigenvalue weighted by Crippen LogP contribution is -2.54. The van der Waals surface area contributed by atoms with Crippen molar-refractivity contribution < 1.29 is 19.6 Å². The molecule has 8 heteroatoms. The van der Waals surface area contributed by atoms with Gasteiger partial charge in [-0.1, -0.05) is 36.4 Å². The van der Waals surface area contributed by atoms with E-state index in [2.05, 4.69) is 22.3 Å². The number of carbonyl (C=O) groups is 3. The third-order valence-electron chi connectivity index (χ3n) is 4.48. The summed E-state index contributed by atoms with van der Waals surface area (Å²) < 4.78 is 0. The molecule has 0 heterocycles. The molecule has 0 aromatic heterocycles. The van der Waals surface area contributed by atoms with Gasteiger partial charge in [0, 0.05) is 26.2 Å². The van der Waals surface area contributed by atoms with Crippen LogP contribution < -0.4 is 10.8 Å². The van der Waals surface area contributed by atoms with Gasteiger partial charge in [-0.05, 0) is 42.9 Å². The van der Waals surface area contributed by atoms with E-state index < -0.39 is 23.8 Å². The molecule has 0 saturated heterocycles. The molecule has 0 aliphatic heterocycles. The molecule has 1 atom stereocenters. The van der Waals surface area contributed by atoms with Gasteiger partial charge in [-0.3, -0.25) is 19.6 Å². The molecule has 0 saturated carbocycles. The summed E-state index contributed by atoms with van der Waals surface area (Å²) in [7, 11) is 6.70. The van der Waals surface area contributed by atoms with E-state index >= 15 is 0 Å². The average Bonchev–Trinajstić information content (AvgIpc) is 2.73. The highest BCUT2D eigenvalue weighted by atomic mass is 16.5. The van der Waals surface area contributed by atoms with Gasteiger partial charge in [0.15, 0.2) is 6.04 Å². The van der Waals surface area contributed by atoms with Crippen molar-refractivity contribution in [3.8, 4) is 11.1 Å². The number of hydrogen-bond donors (Lipinski definition) is 3. The monoisotopic (exact) mass is 398 g/mol. The Morgan fingerprint density at radius 3 is 1.86 bits per heavy atom. The molecule has 0 fully saturated rings. The van der Waals surface area contributed by atoms with E-state index in [-0.39, 0.29) is 0 Å². The molecule has 3 N–H and O–H groups in total. The SMILES string of the molecule is CNC(=O)C(C(=O)NO)N(C)C(=O)c1ccc(-c2ccc(CN(C)C)cc2)cc1. The first-order valence-electron chi connectivity index (χ1n) is 9.05. The summed E-state index contributed by atoms with van der Waals surface area (Å²) in [5, 5.41) is 11.2. The van der Waals surface area contributed by atoms with Gasteiger partial charge in [0.05, 0.1) is 0 Å². The molecule has 0 bridgehead atoms. The van der Waals surface area contributed by atoms with Crippen molar-refractivity contribution in [2.24, 2.45) is 0 Å². The largest absolute Gasteiger partial charge is 0.357 e. The van der Waals surface area contributed by atoms with E-state index in [0.717, 1.165) is 22.6 Å². The van der Waals surface area contributed by atoms with E-state index in [0.29, 0.717) is 5.56 Å². The van der Waals surface area contributed by atoms with Crippen molar-refractivity contribution in [1.29, 1.82) is 0 Å². The van der Waals surface area contributed by atoms with Crippen molar-refractivity contribution in [1.82, 2.24) is 20.6 Å². The van der Waals surface area contributed by atoms with Gasteiger partial charge in [0.1, 0.15) is 0 Å². The van der Waals surface area contributed by atoms with Crippen LogP contribution >= 0.6 is 0 Å². The van der Waals surface area contributed by atoms with Gasteiger partial charge < -0.3 is 15.1 Å². The lowest BCUT2D eigenvalue weighted by Gasteiger charge is -2.25. The van der Waals surface area contributed by atoms with Crippen LogP contribution in [0.5, 0.6) is 0 Å². The summed E-state index contributed by atoms with van der Waals surface area (Å²) in [5.41, 5.74) is 4.90. The lowest BCUT2D eigenvalue weighted by atomic mass is 10.0. The lowest BCUT2D eigenvalue weighted by molar-refractivity contribution is -0.140. The van der Waals surface area contributed by atoms with Crippen LogP contribution in [-0.4, -0.2) is 67.0 Å². The minimum Gasteiger partial charge on any atom is -0.357 e. The smallest absolute Gasteiger partial charge is 0.275 e. The number of hydrogen-bond acceptors (Lipinski definition) is 5. The van der Waals surface area contributed by atoms with E-state index in [1.807, 2.05) is 38.4 Å².